The molecule has 0 saturated heterocycles. The summed E-state index contributed by atoms with van der Waals surface area (Å²) in [5.41, 5.74) is 6.51. The molecule has 1 aromatic carbocycles. The van der Waals surface area contributed by atoms with Gasteiger partial charge in [-0.2, -0.15) is 0 Å². The molecule has 0 aliphatic carbocycles. The van der Waals surface area contributed by atoms with Crippen molar-refractivity contribution in [2.45, 2.75) is 19.4 Å². The first-order valence-electron chi connectivity index (χ1n) is 6.06. The van der Waals surface area contributed by atoms with Gasteiger partial charge in [-0.25, -0.2) is 4.98 Å². The molecule has 21 heavy (non-hydrogen) atoms. The highest BCUT2D eigenvalue weighted by atomic mass is 35.5. The molecule has 0 radical (unpaired) electrons. The highest BCUT2D eigenvalue weighted by Gasteiger charge is 2.21. The maximum Gasteiger partial charge on any atom is 0.243 e. The molecule has 7 heteroatoms. The molecule has 0 saturated carbocycles. The summed E-state index contributed by atoms with van der Waals surface area (Å²) in [5.74, 6) is 0.632. The van der Waals surface area contributed by atoms with Crippen molar-refractivity contribution >= 4 is 36.4 Å². The van der Waals surface area contributed by atoms with Crippen molar-refractivity contribution in [3.63, 3.8) is 0 Å². The second kappa shape index (κ2) is 7.45. The summed E-state index contributed by atoms with van der Waals surface area (Å²) in [6.45, 7) is 3.34. The SMILES string of the molecule is Cl.Cl.Cn1ccnc1-c1cccc(NC(=O)C(C)(C)N)c1. The van der Waals surface area contributed by atoms with Gasteiger partial charge >= 0.3 is 0 Å². The van der Waals surface area contributed by atoms with Gasteiger partial charge in [0, 0.05) is 30.7 Å². The summed E-state index contributed by atoms with van der Waals surface area (Å²) in [7, 11) is 1.93. The summed E-state index contributed by atoms with van der Waals surface area (Å²) in [4.78, 5) is 16.1. The van der Waals surface area contributed by atoms with E-state index in [-0.39, 0.29) is 30.7 Å². The van der Waals surface area contributed by atoms with E-state index in [1.54, 1.807) is 20.0 Å². The zero-order valence-electron chi connectivity index (χ0n) is 12.2. The Bertz CT molecular complexity index is 605. The summed E-state index contributed by atoms with van der Waals surface area (Å²) >= 11 is 0. The molecule has 0 bridgehead atoms. The van der Waals surface area contributed by atoms with Gasteiger partial charge < -0.3 is 15.6 Å². The van der Waals surface area contributed by atoms with Gasteiger partial charge in [-0.05, 0) is 26.0 Å². The lowest BCUT2D eigenvalue weighted by Gasteiger charge is -2.18. The summed E-state index contributed by atoms with van der Waals surface area (Å²) in [5, 5.41) is 2.80. The van der Waals surface area contributed by atoms with Gasteiger partial charge in [0.15, 0.2) is 0 Å². The van der Waals surface area contributed by atoms with E-state index in [4.69, 9.17) is 5.73 Å². The minimum atomic E-state index is -0.904. The summed E-state index contributed by atoms with van der Waals surface area (Å²) in [6.07, 6.45) is 3.62. The van der Waals surface area contributed by atoms with Crippen LogP contribution in [0.4, 0.5) is 5.69 Å². The van der Waals surface area contributed by atoms with Gasteiger partial charge in [0.2, 0.25) is 5.91 Å². The molecule has 5 nitrogen and oxygen atoms in total. The molecular weight excluding hydrogens is 311 g/mol. The van der Waals surface area contributed by atoms with Crippen LogP contribution in [0.3, 0.4) is 0 Å². The van der Waals surface area contributed by atoms with Gasteiger partial charge in [-0.3, -0.25) is 4.79 Å². The third-order valence-corrected chi connectivity index (χ3v) is 2.79. The number of nitrogens with zero attached hydrogens (tertiary/aromatic N) is 2. The molecular formula is C14H20Cl2N4O. The number of anilines is 1. The molecule has 0 aliphatic heterocycles. The van der Waals surface area contributed by atoms with E-state index in [9.17, 15) is 4.79 Å². The van der Waals surface area contributed by atoms with Crippen molar-refractivity contribution in [2.24, 2.45) is 12.8 Å². The van der Waals surface area contributed by atoms with Crippen LogP contribution in [-0.2, 0) is 11.8 Å². The topological polar surface area (TPSA) is 72.9 Å². The molecule has 3 N–H and O–H groups in total. The minimum Gasteiger partial charge on any atom is -0.334 e. The third kappa shape index (κ3) is 4.74. The molecule has 1 heterocycles. The van der Waals surface area contributed by atoms with Crippen molar-refractivity contribution in [2.75, 3.05) is 5.32 Å². The fourth-order valence-corrected chi connectivity index (χ4v) is 1.67. The maximum atomic E-state index is 11.8. The van der Waals surface area contributed by atoms with Gasteiger partial charge in [0.05, 0.1) is 5.54 Å². The Balaban J connectivity index is 0.00000200. The lowest BCUT2D eigenvalue weighted by atomic mass is 10.1. The highest BCUT2D eigenvalue weighted by Crippen LogP contribution is 2.21. The van der Waals surface area contributed by atoms with Crippen molar-refractivity contribution in [1.82, 2.24) is 9.55 Å². The van der Waals surface area contributed by atoms with Crippen molar-refractivity contribution < 1.29 is 4.79 Å². The average Bonchev–Trinajstić information content (AvgIpc) is 2.74. The summed E-state index contributed by atoms with van der Waals surface area (Å²) < 4.78 is 1.92. The van der Waals surface area contributed by atoms with Crippen molar-refractivity contribution in [3.05, 3.63) is 36.7 Å². The van der Waals surface area contributed by atoms with E-state index in [2.05, 4.69) is 10.3 Å². The van der Waals surface area contributed by atoms with Gasteiger partial charge in [-0.15, -0.1) is 24.8 Å². The number of halogens is 2. The van der Waals surface area contributed by atoms with Crippen LogP contribution in [0.2, 0.25) is 0 Å². The fourth-order valence-electron chi connectivity index (χ4n) is 1.67. The second-order valence-corrected chi connectivity index (χ2v) is 5.12. The van der Waals surface area contributed by atoms with E-state index in [0.717, 1.165) is 11.4 Å². The van der Waals surface area contributed by atoms with Gasteiger partial charge in [0.1, 0.15) is 5.82 Å². The Morgan fingerprint density at radius 1 is 1.33 bits per heavy atom. The van der Waals surface area contributed by atoms with E-state index in [1.165, 1.54) is 0 Å². The number of hydrogen-bond acceptors (Lipinski definition) is 3. The van der Waals surface area contributed by atoms with E-state index in [1.807, 2.05) is 42.1 Å². The summed E-state index contributed by atoms with van der Waals surface area (Å²) in [6, 6.07) is 7.54. The molecule has 0 atom stereocenters. The van der Waals surface area contributed by atoms with Crippen LogP contribution in [0.5, 0.6) is 0 Å². The number of hydrogen-bond donors (Lipinski definition) is 2. The number of amides is 1. The van der Waals surface area contributed by atoms with Crippen LogP contribution in [0.15, 0.2) is 36.7 Å². The minimum absolute atomic E-state index is 0. The van der Waals surface area contributed by atoms with E-state index in [0.29, 0.717) is 5.69 Å². The zero-order valence-corrected chi connectivity index (χ0v) is 13.8. The van der Waals surface area contributed by atoms with Crippen LogP contribution in [-0.4, -0.2) is 21.0 Å². The average molecular weight is 331 g/mol. The Morgan fingerprint density at radius 3 is 2.52 bits per heavy atom. The number of rotatable bonds is 3. The normalized spacial score (nSPS) is 10.3. The number of carbonyl (C=O) groups is 1. The number of imidazole rings is 1. The predicted molar refractivity (Wildman–Crippen MR) is 90.0 cm³/mol. The Labute approximate surface area is 136 Å². The quantitative estimate of drug-likeness (QED) is 0.908. The van der Waals surface area contributed by atoms with Gasteiger partial charge in [0.25, 0.3) is 0 Å². The third-order valence-electron chi connectivity index (χ3n) is 2.79. The maximum absolute atomic E-state index is 11.8. The van der Waals surface area contributed by atoms with Crippen LogP contribution < -0.4 is 11.1 Å². The van der Waals surface area contributed by atoms with Crippen molar-refractivity contribution in [1.29, 1.82) is 0 Å². The molecule has 116 valence electrons. The Morgan fingerprint density at radius 2 is 2.00 bits per heavy atom. The second-order valence-electron chi connectivity index (χ2n) is 5.12. The van der Waals surface area contributed by atoms with E-state index < -0.39 is 5.54 Å². The lowest BCUT2D eigenvalue weighted by molar-refractivity contribution is -0.120. The number of aromatic nitrogens is 2. The molecule has 0 fully saturated rings. The van der Waals surface area contributed by atoms with Crippen LogP contribution in [0.1, 0.15) is 13.8 Å². The van der Waals surface area contributed by atoms with Crippen molar-refractivity contribution in [3.8, 4) is 11.4 Å². The molecule has 2 rings (SSSR count). The van der Waals surface area contributed by atoms with Crippen LogP contribution in [0, 0.1) is 0 Å². The Hall–Kier alpha value is -1.56. The first-order chi connectivity index (χ1) is 8.88. The molecule has 2 aromatic rings. The van der Waals surface area contributed by atoms with Crippen LogP contribution >= 0.6 is 24.8 Å². The molecule has 1 aromatic heterocycles. The number of aryl methyl sites for hydroxylation is 1. The standard InChI is InChI=1S/C14H18N4O.2ClH/c1-14(2,15)13(19)17-11-6-4-5-10(9-11)12-16-7-8-18(12)3;;/h4-9H,15H2,1-3H3,(H,17,19);2*1H. The zero-order chi connectivity index (χ0) is 14.0. The monoisotopic (exact) mass is 330 g/mol. The molecule has 0 unspecified atom stereocenters. The van der Waals surface area contributed by atoms with E-state index >= 15 is 0 Å². The number of nitrogens with two attached hydrogens (primary N) is 1. The Kier molecular flexibility index (Phi) is 6.90. The first kappa shape index (κ1) is 19.4. The molecule has 1 amide bonds. The highest BCUT2D eigenvalue weighted by molar-refractivity contribution is 5.97. The number of carbonyl (C=O) groups excluding carboxylic acids is 1. The lowest BCUT2D eigenvalue weighted by Crippen LogP contribution is -2.45. The van der Waals surface area contributed by atoms with Crippen LogP contribution in [0.25, 0.3) is 11.4 Å². The largest absolute Gasteiger partial charge is 0.334 e. The molecule has 0 aliphatic rings. The molecule has 0 spiro atoms. The number of nitrogens with one attached hydrogen (secondary N) is 1. The smallest absolute Gasteiger partial charge is 0.243 e. The predicted octanol–water partition coefficient (Wildman–Crippen LogP) is 2.61. The first-order valence-corrected chi connectivity index (χ1v) is 6.06. The number of benzene rings is 1. The fraction of sp³-hybridized carbons (Fsp3) is 0.286. The van der Waals surface area contributed by atoms with Gasteiger partial charge in [-0.1, -0.05) is 12.1 Å².